The van der Waals surface area contributed by atoms with E-state index in [0.717, 1.165) is 22.2 Å². The zero-order valence-electron chi connectivity index (χ0n) is 11.7. The van der Waals surface area contributed by atoms with Crippen molar-refractivity contribution in [3.8, 4) is 0 Å². The molecule has 4 heteroatoms. The summed E-state index contributed by atoms with van der Waals surface area (Å²) in [4.78, 5) is 7.56. The van der Waals surface area contributed by atoms with Gasteiger partial charge in [0.15, 0.2) is 0 Å². The Morgan fingerprint density at radius 3 is 2.67 bits per heavy atom. The van der Waals surface area contributed by atoms with Gasteiger partial charge in [-0.1, -0.05) is 48.5 Å². The molecule has 0 atom stereocenters. The van der Waals surface area contributed by atoms with Crippen molar-refractivity contribution in [3.63, 3.8) is 0 Å². The highest BCUT2D eigenvalue weighted by molar-refractivity contribution is 5.85. The summed E-state index contributed by atoms with van der Waals surface area (Å²) < 4.78 is 0. The Labute approximate surface area is 123 Å². The van der Waals surface area contributed by atoms with Crippen LogP contribution in [0.25, 0.3) is 17.1 Å². The van der Waals surface area contributed by atoms with Crippen LogP contribution in [0.15, 0.2) is 65.3 Å². The van der Waals surface area contributed by atoms with E-state index in [1.807, 2.05) is 49.4 Å². The summed E-state index contributed by atoms with van der Waals surface area (Å²) in [6, 6.07) is 18.0. The summed E-state index contributed by atoms with van der Waals surface area (Å²) in [5.41, 5.74) is 7.05. The summed E-state index contributed by atoms with van der Waals surface area (Å²) >= 11 is 0. The normalized spacial score (nSPS) is 12.1. The van der Waals surface area contributed by atoms with Crippen LogP contribution < -0.4 is 5.43 Å². The second-order valence-corrected chi connectivity index (χ2v) is 4.77. The molecule has 0 bridgehead atoms. The molecular weight excluding hydrogens is 260 g/mol. The van der Waals surface area contributed by atoms with E-state index in [1.165, 1.54) is 0 Å². The van der Waals surface area contributed by atoms with Crippen LogP contribution in [0, 0.1) is 0 Å². The Kier molecular flexibility index (Phi) is 3.78. The van der Waals surface area contributed by atoms with Crippen LogP contribution in [-0.4, -0.2) is 16.2 Å². The number of rotatable bonds is 4. The Hall–Kier alpha value is -2.88. The summed E-state index contributed by atoms with van der Waals surface area (Å²) in [6.45, 7) is 2.01. The number of fused-ring (bicyclic) bond motifs is 1. The van der Waals surface area contributed by atoms with E-state index in [9.17, 15) is 0 Å². The number of aromatic amines is 1. The quantitative estimate of drug-likeness (QED) is 0.557. The predicted molar refractivity (Wildman–Crippen MR) is 88.3 cm³/mol. The maximum absolute atomic E-state index is 4.39. The smallest absolute Gasteiger partial charge is 0.222 e. The number of para-hydroxylation sites is 2. The molecule has 0 radical (unpaired) electrons. The second-order valence-electron chi connectivity index (χ2n) is 4.77. The number of hydrogen-bond donors (Lipinski definition) is 2. The number of aromatic nitrogens is 2. The topological polar surface area (TPSA) is 53.1 Å². The Balaban J connectivity index is 1.67. The molecular formula is C17H16N4. The van der Waals surface area contributed by atoms with Gasteiger partial charge in [0.05, 0.1) is 17.2 Å². The maximum Gasteiger partial charge on any atom is 0.222 e. The number of H-pyrrole nitrogens is 1. The van der Waals surface area contributed by atoms with Crippen LogP contribution in [0.3, 0.4) is 0 Å². The fourth-order valence-electron chi connectivity index (χ4n) is 2.05. The average molecular weight is 276 g/mol. The molecule has 3 rings (SSSR count). The number of nitrogens with zero attached hydrogens (tertiary/aromatic N) is 2. The van der Waals surface area contributed by atoms with E-state index in [0.29, 0.717) is 5.95 Å². The maximum atomic E-state index is 4.39. The van der Waals surface area contributed by atoms with E-state index in [4.69, 9.17) is 0 Å². The standard InChI is InChI=1S/C17H16N4/c1-13(11-14-7-3-2-4-8-14)12-18-21-17-19-15-9-5-6-10-16(15)20-17/h2-12H,1H3,(H2,19,20,21)/b13-11+,18-12?. The van der Waals surface area contributed by atoms with Gasteiger partial charge in [0, 0.05) is 0 Å². The molecule has 0 unspecified atom stereocenters. The first-order valence-electron chi connectivity index (χ1n) is 6.78. The van der Waals surface area contributed by atoms with Crippen LogP contribution in [0.2, 0.25) is 0 Å². The molecule has 0 saturated carbocycles. The zero-order valence-corrected chi connectivity index (χ0v) is 11.7. The third kappa shape index (κ3) is 3.36. The monoisotopic (exact) mass is 276 g/mol. The molecule has 1 aromatic heterocycles. The lowest BCUT2D eigenvalue weighted by atomic mass is 10.1. The number of hydrazone groups is 1. The van der Waals surface area contributed by atoms with E-state index >= 15 is 0 Å². The number of hydrogen-bond acceptors (Lipinski definition) is 3. The van der Waals surface area contributed by atoms with Gasteiger partial charge in [0.25, 0.3) is 0 Å². The van der Waals surface area contributed by atoms with Crippen LogP contribution in [-0.2, 0) is 0 Å². The van der Waals surface area contributed by atoms with Crippen molar-refractivity contribution in [2.75, 3.05) is 5.43 Å². The van der Waals surface area contributed by atoms with Crippen molar-refractivity contribution in [1.82, 2.24) is 9.97 Å². The first kappa shape index (κ1) is 13.1. The number of benzene rings is 2. The molecule has 0 aliphatic heterocycles. The van der Waals surface area contributed by atoms with Gasteiger partial charge in [-0.15, -0.1) is 0 Å². The van der Waals surface area contributed by atoms with Crippen LogP contribution in [0.1, 0.15) is 12.5 Å². The zero-order chi connectivity index (χ0) is 14.5. The Morgan fingerprint density at radius 1 is 1.10 bits per heavy atom. The van der Waals surface area contributed by atoms with Gasteiger partial charge in [-0.25, -0.2) is 10.4 Å². The predicted octanol–water partition coefficient (Wildman–Crippen LogP) is 4.06. The number of imidazole rings is 1. The van der Waals surface area contributed by atoms with Gasteiger partial charge in [-0.05, 0) is 30.2 Å². The Morgan fingerprint density at radius 2 is 1.86 bits per heavy atom. The minimum atomic E-state index is 0.639. The van der Waals surface area contributed by atoms with Gasteiger partial charge >= 0.3 is 0 Å². The highest BCUT2D eigenvalue weighted by atomic mass is 15.3. The molecule has 4 nitrogen and oxygen atoms in total. The molecule has 0 fully saturated rings. The van der Waals surface area contributed by atoms with Crippen molar-refractivity contribution in [2.45, 2.75) is 6.92 Å². The SMILES string of the molecule is C/C(C=NNc1nc2ccccc2[nH]1)=C\c1ccccc1. The highest BCUT2D eigenvalue weighted by Gasteiger charge is 1.99. The number of allylic oxidation sites excluding steroid dienone is 1. The third-order valence-corrected chi connectivity index (χ3v) is 3.02. The molecule has 0 aliphatic carbocycles. The second kappa shape index (κ2) is 6.05. The van der Waals surface area contributed by atoms with Crippen LogP contribution in [0.4, 0.5) is 5.95 Å². The van der Waals surface area contributed by atoms with Crippen LogP contribution >= 0.6 is 0 Å². The van der Waals surface area contributed by atoms with Gasteiger partial charge < -0.3 is 4.98 Å². The first-order valence-corrected chi connectivity index (χ1v) is 6.78. The van der Waals surface area contributed by atoms with Crippen LogP contribution in [0.5, 0.6) is 0 Å². The largest absolute Gasteiger partial charge is 0.323 e. The highest BCUT2D eigenvalue weighted by Crippen LogP contribution is 2.13. The number of nitrogens with one attached hydrogen (secondary N) is 2. The van der Waals surface area contributed by atoms with Crippen molar-refractivity contribution in [2.24, 2.45) is 5.10 Å². The molecule has 3 aromatic rings. The Bertz CT molecular complexity index is 752. The van der Waals surface area contributed by atoms with Gasteiger partial charge in [0.2, 0.25) is 5.95 Å². The fourth-order valence-corrected chi connectivity index (χ4v) is 2.05. The minimum absolute atomic E-state index is 0.639. The summed E-state index contributed by atoms with van der Waals surface area (Å²) in [7, 11) is 0. The van der Waals surface area contributed by atoms with E-state index in [-0.39, 0.29) is 0 Å². The minimum Gasteiger partial charge on any atom is -0.323 e. The van der Waals surface area contributed by atoms with Gasteiger partial charge in [-0.3, -0.25) is 0 Å². The van der Waals surface area contributed by atoms with Crippen molar-refractivity contribution in [3.05, 3.63) is 65.7 Å². The summed E-state index contributed by atoms with van der Waals surface area (Å²) in [6.07, 6.45) is 3.85. The molecule has 21 heavy (non-hydrogen) atoms. The van der Waals surface area contributed by atoms with E-state index < -0.39 is 0 Å². The lowest BCUT2D eigenvalue weighted by Gasteiger charge is -1.95. The van der Waals surface area contributed by atoms with E-state index in [2.05, 4.69) is 38.7 Å². The lowest BCUT2D eigenvalue weighted by molar-refractivity contribution is 1.21. The molecule has 0 spiro atoms. The molecule has 2 aromatic carbocycles. The lowest BCUT2D eigenvalue weighted by Crippen LogP contribution is -1.91. The fraction of sp³-hybridized carbons (Fsp3) is 0.0588. The third-order valence-electron chi connectivity index (χ3n) is 3.02. The van der Waals surface area contributed by atoms with Crippen molar-refractivity contribution < 1.29 is 0 Å². The molecule has 0 aliphatic rings. The molecule has 104 valence electrons. The van der Waals surface area contributed by atoms with Gasteiger partial charge in [-0.2, -0.15) is 5.10 Å². The molecule has 1 heterocycles. The molecule has 2 N–H and O–H groups in total. The number of anilines is 1. The first-order chi connectivity index (χ1) is 10.3. The average Bonchev–Trinajstić information content (AvgIpc) is 2.91. The summed E-state index contributed by atoms with van der Waals surface area (Å²) in [5.74, 6) is 0.639. The van der Waals surface area contributed by atoms with Gasteiger partial charge in [0.1, 0.15) is 0 Å². The van der Waals surface area contributed by atoms with Crippen molar-refractivity contribution in [1.29, 1.82) is 0 Å². The van der Waals surface area contributed by atoms with E-state index in [1.54, 1.807) is 6.21 Å². The van der Waals surface area contributed by atoms with Crippen molar-refractivity contribution >= 4 is 29.3 Å². The molecule has 0 saturated heterocycles. The summed E-state index contributed by atoms with van der Waals surface area (Å²) in [5, 5.41) is 4.20. The molecule has 0 amide bonds.